The van der Waals surface area contributed by atoms with Gasteiger partial charge in [0.1, 0.15) is 6.10 Å². The predicted octanol–water partition coefficient (Wildman–Crippen LogP) is 6.28. The molecule has 9 nitrogen and oxygen atoms in total. The van der Waals surface area contributed by atoms with Gasteiger partial charge in [0.15, 0.2) is 11.1 Å². The molecule has 2 heterocycles. The molecule has 9 heteroatoms. The lowest BCUT2D eigenvalue weighted by atomic mass is 9.43. The average molecular weight is 628 g/mol. The molecule has 1 aromatic heterocycles. The maximum atomic E-state index is 14.8. The Hall–Kier alpha value is -3.59. The van der Waals surface area contributed by atoms with E-state index in [0.717, 1.165) is 30.3 Å². The number of carbonyl (C=O) groups is 1. The summed E-state index contributed by atoms with van der Waals surface area (Å²) in [5.41, 5.74) is -4.59. The molecule has 46 heavy (non-hydrogen) atoms. The van der Waals surface area contributed by atoms with E-state index in [1.165, 1.54) is 29.1 Å². The summed E-state index contributed by atoms with van der Waals surface area (Å²) in [6, 6.07) is 14.1. The molecule has 0 spiro atoms. The summed E-state index contributed by atoms with van der Waals surface area (Å²) in [4.78, 5) is 41.6. The smallest absolute Gasteiger partial charge is 0.353 e. The van der Waals surface area contributed by atoms with Crippen molar-refractivity contribution in [2.24, 2.45) is 40.4 Å². The summed E-state index contributed by atoms with van der Waals surface area (Å²) in [7, 11) is 0. The van der Waals surface area contributed by atoms with Crippen molar-refractivity contribution in [3.63, 3.8) is 0 Å². The summed E-state index contributed by atoms with van der Waals surface area (Å²) < 4.78 is 9.64. The van der Waals surface area contributed by atoms with Crippen LogP contribution in [0, 0.1) is 63.1 Å². The highest BCUT2D eigenvalue weighted by atomic mass is 16.5. The van der Waals surface area contributed by atoms with Crippen LogP contribution in [0.2, 0.25) is 0 Å². The molecule has 2 aromatic rings. The van der Waals surface area contributed by atoms with Crippen LogP contribution in [0.1, 0.15) is 106 Å². The van der Waals surface area contributed by atoms with Crippen LogP contribution in [-0.4, -0.2) is 26.0 Å². The fourth-order valence-electron chi connectivity index (χ4n) is 11.1. The third-order valence-electron chi connectivity index (χ3n) is 13.2. The fourth-order valence-corrected chi connectivity index (χ4v) is 11.1. The molecule has 4 aliphatic rings. The molecule has 3 aliphatic carbocycles. The van der Waals surface area contributed by atoms with Crippen molar-refractivity contribution in [1.29, 1.82) is 10.5 Å². The molecule has 246 valence electrons. The molecule has 1 aliphatic heterocycles. The molecule has 0 amide bonds. The van der Waals surface area contributed by atoms with Gasteiger partial charge in [0, 0.05) is 30.6 Å². The molecule has 0 bridgehead atoms. The van der Waals surface area contributed by atoms with Crippen molar-refractivity contribution in [2.75, 3.05) is 0 Å². The summed E-state index contributed by atoms with van der Waals surface area (Å²) in [6.07, 6.45) is 7.42. The van der Waals surface area contributed by atoms with Crippen LogP contribution in [0.4, 0.5) is 0 Å². The molecule has 1 aromatic carbocycles. The summed E-state index contributed by atoms with van der Waals surface area (Å²) >= 11 is 0. The minimum absolute atomic E-state index is 0.0905. The second-order valence-electron chi connectivity index (χ2n) is 15.8. The van der Waals surface area contributed by atoms with Crippen LogP contribution < -0.4 is 11.4 Å². The highest BCUT2D eigenvalue weighted by molar-refractivity contribution is 5.66. The molecule has 0 radical (unpaired) electrons. The Morgan fingerprint density at radius 3 is 2.26 bits per heavy atom. The quantitative estimate of drug-likeness (QED) is 0.333. The van der Waals surface area contributed by atoms with E-state index in [2.05, 4.69) is 46.8 Å². The van der Waals surface area contributed by atoms with E-state index in [0.29, 0.717) is 42.7 Å². The van der Waals surface area contributed by atoms with Crippen LogP contribution in [0.5, 0.6) is 0 Å². The van der Waals surface area contributed by atoms with E-state index in [4.69, 9.17) is 4.74 Å². The van der Waals surface area contributed by atoms with E-state index >= 15 is 0 Å². The van der Waals surface area contributed by atoms with Crippen molar-refractivity contribution in [2.45, 2.75) is 123 Å². The van der Waals surface area contributed by atoms with E-state index in [1.54, 1.807) is 24.3 Å². The van der Waals surface area contributed by atoms with Gasteiger partial charge >= 0.3 is 17.3 Å². The Bertz CT molecular complexity index is 1710. The minimum Gasteiger partial charge on any atom is -0.462 e. The molecule has 6 rings (SSSR count). The molecular formula is C37H49N5O4. The van der Waals surface area contributed by atoms with Gasteiger partial charge in [-0.3, -0.25) is 4.79 Å². The van der Waals surface area contributed by atoms with Crippen molar-refractivity contribution < 1.29 is 9.53 Å². The summed E-state index contributed by atoms with van der Waals surface area (Å²) in [5, 5.41) is 22.8. The number of para-hydroxylation sites is 1. The van der Waals surface area contributed by atoms with Gasteiger partial charge in [0.25, 0.3) is 0 Å². The normalized spacial score (nSPS) is 36.8. The maximum absolute atomic E-state index is 14.8. The van der Waals surface area contributed by atoms with Crippen molar-refractivity contribution in [3.8, 4) is 17.8 Å². The van der Waals surface area contributed by atoms with Crippen molar-refractivity contribution in [3.05, 3.63) is 51.3 Å². The number of hydrogen-bond acceptors (Lipinski definition) is 6. The lowest BCUT2D eigenvalue weighted by Crippen LogP contribution is -2.74. The van der Waals surface area contributed by atoms with E-state index < -0.39 is 39.9 Å². The number of benzene rings is 1. The molecule has 0 N–H and O–H groups in total. The highest BCUT2D eigenvalue weighted by Crippen LogP contribution is 2.71. The standard InChI is InChI=1S/C37H49N5O4/c1-24(2)11-10-12-25(3)29-15-16-30-34(29,5)19-18-31-35(6)20-17-28(46-26(4)43)21-36(35,22-38)41-32(44)40(27-13-8-7-9-14-27)33(45)42(41)37(30,31)23-39/h7-9,13-14,24-25,28-31H,10-12,15-21H2,1-6H3. The number of nitrogens with zero attached hydrogens (tertiary/aromatic N) is 5. The average Bonchev–Trinajstić information content (AvgIpc) is 3.51. The molecule has 3 saturated carbocycles. The lowest BCUT2D eigenvalue weighted by molar-refractivity contribution is -0.190. The minimum atomic E-state index is -1.48. The van der Waals surface area contributed by atoms with Crippen LogP contribution in [0.25, 0.3) is 5.69 Å². The molecule has 9 atom stereocenters. The lowest BCUT2D eigenvalue weighted by Gasteiger charge is -2.66. The third kappa shape index (κ3) is 4.26. The van der Waals surface area contributed by atoms with Crippen LogP contribution >= 0.6 is 0 Å². The number of esters is 1. The van der Waals surface area contributed by atoms with Gasteiger partial charge in [-0.1, -0.05) is 72.1 Å². The van der Waals surface area contributed by atoms with Gasteiger partial charge in [-0.2, -0.15) is 10.5 Å². The van der Waals surface area contributed by atoms with E-state index in [-0.39, 0.29) is 23.7 Å². The molecule has 9 unspecified atom stereocenters. The first-order valence-corrected chi connectivity index (χ1v) is 17.4. The number of hydrogen-bond donors (Lipinski definition) is 0. The third-order valence-corrected chi connectivity index (χ3v) is 13.2. The van der Waals surface area contributed by atoms with Gasteiger partial charge in [-0.05, 0) is 73.8 Å². The number of carbonyl (C=O) groups excluding carboxylic acids is 1. The molecule has 3 fully saturated rings. The SMILES string of the molecule is CC(=O)OC1CCC2(C)C3CCC4(C)C(C(C)CCCC(C)C)CCC4C3(C#N)n3c(=O)n(-c4ccccc4)c(=O)n3C2(C#N)C1. The topological polar surface area (TPSA) is 123 Å². The zero-order valence-electron chi connectivity index (χ0n) is 28.3. The van der Waals surface area contributed by atoms with Gasteiger partial charge in [-0.25, -0.2) is 23.5 Å². The molecule has 0 saturated heterocycles. The predicted molar refractivity (Wildman–Crippen MR) is 174 cm³/mol. The second kappa shape index (κ2) is 11.3. The number of rotatable bonds is 7. The van der Waals surface area contributed by atoms with Gasteiger partial charge in [-0.15, -0.1) is 0 Å². The van der Waals surface area contributed by atoms with Gasteiger partial charge < -0.3 is 4.74 Å². The van der Waals surface area contributed by atoms with Crippen molar-refractivity contribution >= 4 is 5.97 Å². The summed E-state index contributed by atoms with van der Waals surface area (Å²) in [6.45, 7) is 12.6. The zero-order chi connectivity index (χ0) is 33.2. The van der Waals surface area contributed by atoms with Gasteiger partial charge in [0.2, 0.25) is 0 Å². The Labute approximate surface area is 272 Å². The Balaban J connectivity index is 1.59. The number of ether oxygens (including phenoxy) is 1. The van der Waals surface area contributed by atoms with Crippen molar-refractivity contribution in [1.82, 2.24) is 13.9 Å². The van der Waals surface area contributed by atoms with Crippen LogP contribution in [-0.2, 0) is 20.6 Å². The van der Waals surface area contributed by atoms with Gasteiger partial charge in [0.05, 0.1) is 17.8 Å². The Kier molecular flexibility index (Phi) is 7.94. The fraction of sp³-hybridized carbons (Fsp3) is 0.703. The Morgan fingerprint density at radius 1 is 0.935 bits per heavy atom. The largest absolute Gasteiger partial charge is 0.462 e. The first-order valence-electron chi connectivity index (χ1n) is 17.4. The zero-order valence-corrected chi connectivity index (χ0v) is 28.3. The highest BCUT2D eigenvalue weighted by Gasteiger charge is 2.75. The van der Waals surface area contributed by atoms with E-state index in [1.807, 2.05) is 6.07 Å². The van der Waals surface area contributed by atoms with Crippen LogP contribution in [0.15, 0.2) is 39.9 Å². The first kappa shape index (κ1) is 32.4. The second-order valence-corrected chi connectivity index (χ2v) is 15.8. The number of aromatic nitrogens is 3. The maximum Gasteiger partial charge on any atom is 0.353 e. The number of nitriles is 2. The van der Waals surface area contributed by atoms with Crippen LogP contribution in [0.3, 0.4) is 0 Å². The first-order chi connectivity index (χ1) is 21.8. The van der Waals surface area contributed by atoms with E-state index in [9.17, 15) is 24.9 Å². The molecular weight excluding hydrogens is 578 g/mol. The summed E-state index contributed by atoms with van der Waals surface area (Å²) in [5.74, 6) is 0.607. The number of fused-ring (bicyclic) bond motifs is 8. The monoisotopic (exact) mass is 627 g/mol. The Morgan fingerprint density at radius 2 is 1.63 bits per heavy atom.